The third kappa shape index (κ3) is 3.41. The molecule has 2 heterocycles. The third-order valence-electron chi connectivity index (χ3n) is 3.74. The molecule has 0 spiro atoms. The first-order chi connectivity index (χ1) is 9.44. The molecule has 1 unspecified atom stereocenters. The van der Waals surface area contributed by atoms with Crippen LogP contribution in [0.2, 0.25) is 0 Å². The lowest BCUT2D eigenvalue weighted by Crippen LogP contribution is -2.38. The minimum absolute atomic E-state index is 0.239. The summed E-state index contributed by atoms with van der Waals surface area (Å²) in [6, 6.07) is 1.88. The van der Waals surface area contributed by atoms with Gasteiger partial charge in [0.05, 0.1) is 6.54 Å². The van der Waals surface area contributed by atoms with Gasteiger partial charge in [0.2, 0.25) is 10.0 Å². The monoisotopic (exact) mass is 301 g/mol. The second-order valence-corrected chi connectivity index (χ2v) is 7.03. The van der Waals surface area contributed by atoms with Crippen molar-refractivity contribution < 1.29 is 12.8 Å². The van der Waals surface area contributed by atoms with E-state index in [-0.39, 0.29) is 10.9 Å². The Bertz CT molecular complexity index is 553. The van der Waals surface area contributed by atoms with Gasteiger partial charge in [0.15, 0.2) is 0 Å². The summed E-state index contributed by atoms with van der Waals surface area (Å²) >= 11 is 0. The first-order valence-electron chi connectivity index (χ1n) is 6.88. The number of hydrogen-bond donors (Lipinski definition) is 2. The zero-order valence-electron chi connectivity index (χ0n) is 12.3. The zero-order chi connectivity index (χ0) is 14.8. The highest BCUT2D eigenvalue weighted by Gasteiger charge is 2.25. The molecule has 1 fully saturated rings. The summed E-state index contributed by atoms with van der Waals surface area (Å²) in [4.78, 5) is 2.43. The van der Waals surface area contributed by atoms with E-state index in [0.29, 0.717) is 24.6 Å². The maximum atomic E-state index is 12.3. The van der Waals surface area contributed by atoms with Gasteiger partial charge in [-0.2, -0.15) is 0 Å². The average Bonchev–Trinajstić information content (AvgIpc) is 2.94. The van der Waals surface area contributed by atoms with Gasteiger partial charge in [0, 0.05) is 18.7 Å². The summed E-state index contributed by atoms with van der Waals surface area (Å²) in [6.07, 6.45) is 2.16. The second-order valence-electron chi connectivity index (χ2n) is 5.29. The van der Waals surface area contributed by atoms with Crippen LogP contribution in [0.3, 0.4) is 0 Å². The van der Waals surface area contributed by atoms with Gasteiger partial charge in [-0.15, -0.1) is 0 Å². The summed E-state index contributed by atoms with van der Waals surface area (Å²) in [7, 11) is 0.322. The Labute approximate surface area is 120 Å². The number of hydrogen-bond acceptors (Lipinski definition) is 5. The zero-order valence-corrected chi connectivity index (χ0v) is 13.1. The van der Waals surface area contributed by atoms with Crippen LogP contribution < -0.4 is 10.0 Å². The lowest BCUT2D eigenvalue weighted by molar-refractivity contribution is 0.310. The molecule has 1 aromatic rings. The molecular formula is C13H23N3O3S. The molecule has 0 aliphatic carbocycles. The van der Waals surface area contributed by atoms with Crippen LogP contribution in [0.4, 0.5) is 0 Å². The Morgan fingerprint density at radius 1 is 1.50 bits per heavy atom. The fraction of sp³-hybridized carbons (Fsp3) is 0.692. The van der Waals surface area contributed by atoms with Crippen molar-refractivity contribution in [1.82, 2.24) is 14.9 Å². The number of sulfonamides is 1. The average molecular weight is 301 g/mol. The molecule has 0 radical (unpaired) electrons. The highest BCUT2D eigenvalue weighted by Crippen LogP contribution is 2.20. The normalized spacial score (nSPS) is 20.6. The molecule has 0 saturated carbocycles. The van der Waals surface area contributed by atoms with Gasteiger partial charge in [-0.1, -0.05) is 0 Å². The highest BCUT2D eigenvalue weighted by atomic mass is 32.2. The summed E-state index contributed by atoms with van der Waals surface area (Å²) in [5.74, 6) is 1.06. The Kier molecular flexibility index (Phi) is 4.85. The van der Waals surface area contributed by atoms with E-state index in [2.05, 4.69) is 14.9 Å². The molecule has 6 nitrogen and oxygen atoms in total. The quantitative estimate of drug-likeness (QED) is 0.808. The molecule has 1 atom stereocenters. The summed E-state index contributed by atoms with van der Waals surface area (Å²) in [5, 5.41) is 2.94. The number of rotatable bonds is 6. The Morgan fingerprint density at radius 2 is 2.25 bits per heavy atom. The molecule has 0 amide bonds. The van der Waals surface area contributed by atoms with Gasteiger partial charge in [-0.3, -0.25) is 0 Å². The Morgan fingerprint density at radius 3 is 2.85 bits per heavy atom. The van der Waals surface area contributed by atoms with Crippen molar-refractivity contribution in [3.8, 4) is 0 Å². The standard InChI is InChI=1S/C13H23N3O3S/c1-10-13(7-12(19-10)9-14-2)20(17,18)15-8-11-5-4-6-16(11)3/h7,11,14-15H,4-6,8-9H2,1-3H3. The predicted molar refractivity (Wildman–Crippen MR) is 77.0 cm³/mol. The minimum atomic E-state index is -3.50. The van der Waals surface area contributed by atoms with Crippen LogP contribution >= 0.6 is 0 Å². The van der Waals surface area contributed by atoms with Gasteiger partial charge >= 0.3 is 0 Å². The third-order valence-corrected chi connectivity index (χ3v) is 5.28. The van der Waals surface area contributed by atoms with Crippen LogP contribution in [0.15, 0.2) is 15.4 Å². The lowest BCUT2D eigenvalue weighted by Gasteiger charge is -2.19. The van der Waals surface area contributed by atoms with Crippen molar-refractivity contribution in [3.63, 3.8) is 0 Å². The molecule has 1 aromatic heterocycles. The molecular weight excluding hydrogens is 278 g/mol. The smallest absolute Gasteiger partial charge is 0.244 e. The number of nitrogens with zero attached hydrogens (tertiary/aromatic N) is 1. The molecule has 0 bridgehead atoms. The van der Waals surface area contributed by atoms with Crippen molar-refractivity contribution in [2.75, 3.05) is 27.2 Å². The predicted octanol–water partition coefficient (Wildman–Crippen LogP) is 0.680. The lowest BCUT2D eigenvalue weighted by atomic mass is 10.2. The molecule has 20 heavy (non-hydrogen) atoms. The van der Waals surface area contributed by atoms with Gasteiger partial charge < -0.3 is 14.6 Å². The molecule has 1 saturated heterocycles. The van der Waals surface area contributed by atoms with Crippen LogP contribution in [0, 0.1) is 6.92 Å². The van der Waals surface area contributed by atoms with Crippen LogP contribution in [0.1, 0.15) is 24.4 Å². The van der Waals surface area contributed by atoms with Gasteiger partial charge in [-0.05, 0) is 40.4 Å². The van der Waals surface area contributed by atoms with E-state index in [4.69, 9.17) is 4.42 Å². The number of aryl methyl sites for hydroxylation is 1. The fourth-order valence-electron chi connectivity index (χ4n) is 2.57. The van der Waals surface area contributed by atoms with Crippen molar-refractivity contribution in [2.45, 2.75) is 37.2 Å². The highest BCUT2D eigenvalue weighted by molar-refractivity contribution is 7.89. The molecule has 114 valence electrons. The Hall–Kier alpha value is -0.890. The molecule has 1 aliphatic heterocycles. The molecule has 1 aliphatic rings. The number of likely N-dealkylation sites (N-methyl/N-ethyl adjacent to an activating group) is 1. The fourth-order valence-corrected chi connectivity index (χ4v) is 3.85. The van der Waals surface area contributed by atoms with Crippen molar-refractivity contribution in [3.05, 3.63) is 17.6 Å². The number of furan rings is 1. The number of nitrogens with one attached hydrogen (secondary N) is 2. The van der Waals surface area contributed by atoms with E-state index in [1.807, 2.05) is 7.05 Å². The van der Waals surface area contributed by atoms with E-state index < -0.39 is 10.0 Å². The summed E-state index contributed by atoms with van der Waals surface area (Å²) < 4.78 is 32.8. The van der Waals surface area contributed by atoms with Gasteiger partial charge in [-0.25, -0.2) is 13.1 Å². The van der Waals surface area contributed by atoms with Gasteiger partial charge in [0.1, 0.15) is 16.4 Å². The summed E-state index contributed by atoms with van der Waals surface area (Å²) in [6.45, 7) is 3.67. The van der Waals surface area contributed by atoms with Crippen molar-refractivity contribution in [1.29, 1.82) is 0 Å². The van der Waals surface area contributed by atoms with Crippen LogP contribution in [-0.4, -0.2) is 46.5 Å². The van der Waals surface area contributed by atoms with Crippen LogP contribution in [-0.2, 0) is 16.6 Å². The number of likely N-dealkylation sites (tertiary alicyclic amines) is 1. The Balaban J connectivity index is 2.06. The second kappa shape index (κ2) is 6.26. The minimum Gasteiger partial charge on any atom is -0.464 e. The first-order valence-corrected chi connectivity index (χ1v) is 8.36. The largest absolute Gasteiger partial charge is 0.464 e. The SMILES string of the molecule is CNCc1cc(S(=O)(=O)NCC2CCCN2C)c(C)o1. The molecule has 2 N–H and O–H groups in total. The first kappa shape index (κ1) is 15.5. The van der Waals surface area contributed by atoms with Gasteiger partial charge in [0.25, 0.3) is 0 Å². The van der Waals surface area contributed by atoms with E-state index in [9.17, 15) is 8.42 Å². The van der Waals surface area contributed by atoms with Crippen LogP contribution in [0.25, 0.3) is 0 Å². The van der Waals surface area contributed by atoms with Crippen molar-refractivity contribution in [2.24, 2.45) is 0 Å². The summed E-state index contributed by atoms with van der Waals surface area (Å²) in [5.41, 5.74) is 0. The maximum Gasteiger partial charge on any atom is 0.244 e. The van der Waals surface area contributed by atoms with Crippen LogP contribution in [0.5, 0.6) is 0 Å². The molecule has 2 rings (SSSR count). The molecule has 7 heteroatoms. The molecule has 0 aromatic carbocycles. The van der Waals surface area contributed by atoms with E-state index >= 15 is 0 Å². The van der Waals surface area contributed by atoms with E-state index in [1.54, 1.807) is 20.0 Å². The maximum absolute atomic E-state index is 12.3. The van der Waals surface area contributed by atoms with E-state index in [0.717, 1.165) is 19.4 Å². The van der Waals surface area contributed by atoms with E-state index in [1.165, 1.54) is 0 Å². The topological polar surface area (TPSA) is 74.6 Å². The van der Waals surface area contributed by atoms with Crippen molar-refractivity contribution >= 4 is 10.0 Å².